The number of halogens is 1. The summed E-state index contributed by atoms with van der Waals surface area (Å²) in [5, 5.41) is 0.671. The molecule has 84 valence electrons. The molecule has 0 radical (unpaired) electrons. The van der Waals surface area contributed by atoms with Crippen LogP contribution in [0, 0.1) is 0 Å². The normalized spacial score (nSPS) is 15.2. The van der Waals surface area contributed by atoms with Crippen molar-refractivity contribution in [3.63, 3.8) is 0 Å². The molecule has 1 aliphatic rings. The third-order valence-electron chi connectivity index (χ3n) is 2.84. The van der Waals surface area contributed by atoms with Gasteiger partial charge in [0.15, 0.2) is 0 Å². The highest BCUT2D eigenvalue weighted by Crippen LogP contribution is 2.20. The van der Waals surface area contributed by atoms with Gasteiger partial charge in [0.05, 0.1) is 0 Å². The lowest BCUT2D eigenvalue weighted by molar-refractivity contribution is -0.123. The Morgan fingerprint density at radius 1 is 1.19 bits per heavy atom. The molecule has 0 aliphatic carbocycles. The first-order valence-corrected chi connectivity index (χ1v) is 5.80. The molecule has 0 N–H and O–H groups in total. The number of benzene rings is 1. The number of hydrogen-bond acceptors (Lipinski definition) is 1. The summed E-state index contributed by atoms with van der Waals surface area (Å²) in [6, 6.07) is 7.22. The zero-order valence-corrected chi connectivity index (χ0v) is 9.83. The second-order valence-electron chi connectivity index (χ2n) is 3.98. The van der Waals surface area contributed by atoms with Crippen molar-refractivity contribution < 1.29 is 4.79 Å². The monoisotopic (exact) mass is 235 g/mol. The van der Waals surface area contributed by atoms with Crippen LogP contribution in [0.25, 0.3) is 5.57 Å². The van der Waals surface area contributed by atoms with E-state index in [4.69, 9.17) is 11.6 Å². The summed E-state index contributed by atoms with van der Waals surface area (Å²) in [6.07, 6.45) is 2.19. The van der Waals surface area contributed by atoms with E-state index in [1.54, 1.807) is 12.1 Å². The first-order valence-electron chi connectivity index (χ1n) is 5.42. The van der Waals surface area contributed by atoms with E-state index < -0.39 is 0 Å². The number of carbonyl (C=O) groups excluding carboxylic acids is 1. The highest BCUT2D eigenvalue weighted by Gasteiger charge is 2.20. The van der Waals surface area contributed by atoms with Crippen LogP contribution in [0.3, 0.4) is 0 Å². The van der Waals surface area contributed by atoms with Crippen LogP contribution in [-0.2, 0) is 4.79 Å². The van der Waals surface area contributed by atoms with Gasteiger partial charge in [0, 0.05) is 23.7 Å². The molecule has 3 heteroatoms. The molecule has 2 rings (SSSR count). The first-order chi connectivity index (χ1) is 7.68. The van der Waals surface area contributed by atoms with E-state index >= 15 is 0 Å². The summed E-state index contributed by atoms with van der Waals surface area (Å²) in [6.45, 7) is 5.57. The summed E-state index contributed by atoms with van der Waals surface area (Å²) in [7, 11) is 0. The fourth-order valence-electron chi connectivity index (χ4n) is 1.89. The van der Waals surface area contributed by atoms with Gasteiger partial charge in [-0.05, 0) is 30.5 Å². The molecule has 0 saturated carbocycles. The minimum Gasteiger partial charge on any atom is -0.339 e. The molecule has 0 bridgehead atoms. The molecule has 1 aliphatic heterocycles. The zero-order valence-electron chi connectivity index (χ0n) is 9.08. The summed E-state index contributed by atoms with van der Waals surface area (Å²) in [5.41, 5.74) is 1.40. The van der Waals surface area contributed by atoms with Gasteiger partial charge in [-0.2, -0.15) is 0 Å². The lowest BCUT2D eigenvalue weighted by atomic mass is 10.1. The Kier molecular flexibility index (Phi) is 3.30. The summed E-state index contributed by atoms with van der Waals surface area (Å²) < 4.78 is 0. The molecule has 0 unspecified atom stereocenters. The molecular weight excluding hydrogens is 222 g/mol. The lowest BCUT2D eigenvalue weighted by Crippen LogP contribution is -2.28. The molecule has 1 fully saturated rings. The molecule has 0 aromatic heterocycles. The minimum absolute atomic E-state index is 0.0415. The molecule has 2 nitrogen and oxygen atoms in total. The van der Waals surface area contributed by atoms with Crippen molar-refractivity contribution in [2.45, 2.75) is 12.8 Å². The van der Waals surface area contributed by atoms with Crippen LogP contribution >= 0.6 is 11.6 Å². The number of carbonyl (C=O) groups is 1. The van der Waals surface area contributed by atoms with Crippen molar-refractivity contribution in [1.82, 2.24) is 4.90 Å². The Bertz CT molecular complexity index is 404. The van der Waals surface area contributed by atoms with E-state index in [9.17, 15) is 4.79 Å². The predicted octanol–water partition coefficient (Wildman–Crippen LogP) is 2.98. The van der Waals surface area contributed by atoms with Crippen molar-refractivity contribution in [2.75, 3.05) is 13.1 Å². The standard InChI is InChI=1S/C13H14ClNO/c1-10(11-4-6-12(14)7-5-11)13(16)15-8-2-3-9-15/h4-7H,1-3,8-9H2. The zero-order chi connectivity index (χ0) is 11.5. The maximum atomic E-state index is 12.0. The largest absolute Gasteiger partial charge is 0.339 e. The van der Waals surface area contributed by atoms with Gasteiger partial charge in [-0.1, -0.05) is 30.3 Å². The quantitative estimate of drug-likeness (QED) is 0.722. The summed E-state index contributed by atoms with van der Waals surface area (Å²) >= 11 is 5.80. The molecule has 1 amide bonds. The number of amides is 1. The number of nitrogens with zero attached hydrogens (tertiary/aromatic N) is 1. The Labute approximate surface area is 101 Å². The maximum Gasteiger partial charge on any atom is 0.253 e. The lowest BCUT2D eigenvalue weighted by Gasteiger charge is -2.16. The van der Waals surface area contributed by atoms with Crippen LogP contribution in [-0.4, -0.2) is 23.9 Å². The second kappa shape index (κ2) is 4.71. The van der Waals surface area contributed by atoms with Gasteiger partial charge >= 0.3 is 0 Å². The van der Waals surface area contributed by atoms with Gasteiger partial charge in [0.25, 0.3) is 5.91 Å². The van der Waals surface area contributed by atoms with Crippen molar-refractivity contribution >= 4 is 23.1 Å². The smallest absolute Gasteiger partial charge is 0.253 e. The third-order valence-corrected chi connectivity index (χ3v) is 3.10. The van der Waals surface area contributed by atoms with E-state index in [1.807, 2.05) is 17.0 Å². The molecule has 1 aromatic rings. The third kappa shape index (κ3) is 2.27. The van der Waals surface area contributed by atoms with E-state index in [0.717, 1.165) is 31.5 Å². The van der Waals surface area contributed by atoms with Gasteiger partial charge in [0.1, 0.15) is 0 Å². The molecule has 16 heavy (non-hydrogen) atoms. The van der Waals surface area contributed by atoms with Crippen LogP contribution in [0.5, 0.6) is 0 Å². The Hall–Kier alpha value is -1.28. The fourth-order valence-corrected chi connectivity index (χ4v) is 2.01. The molecule has 1 saturated heterocycles. The summed E-state index contributed by atoms with van der Waals surface area (Å²) in [5.74, 6) is 0.0415. The van der Waals surface area contributed by atoms with Crippen molar-refractivity contribution in [3.8, 4) is 0 Å². The molecule has 0 atom stereocenters. The van der Waals surface area contributed by atoms with Gasteiger partial charge in [-0.3, -0.25) is 4.79 Å². The highest BCUT2D eigenvalue weighted by atomic mass is 35.5. The van der Waals surface area contributed by atoms with Gasteiger partial charge < -0.3 is 4.90 Å². The average Bonchev–Trinajstić information content (AvgIpc) is 2.81. The topological polar surface area (TPSA) is 20.3 Å². The SMILES string of the molecule is C=C(C(=O)N1CCCC1)c1ccc(Cl)cc1. The van der Waals surface area contributed by atoms with E-state index in [0.29, 0.717) is 10.6 Å². The van der Waals surface area contributed by atoms with Crippen LogP contribution in [0.15, 0.2) is 30.8 Å². The van der Waals surface area contributed by atoms with Crippen LogP contribution in [0.2, 0.25) is 5.02 Å². The van der Waals surface area contributed by atoms with E-state index in [1.165, 1.54) is 0 Å². The maximum absolute atomic E-state index is 12.0. The van der Waals surface area contributed by atoms with Gasteiger partial charge in [0.2, 0.25) is 0 Å². The first kappa shape index (κ1) is 11.2. The predicted molar refractivity (Wildman–Crippen MR) is 66.3 cm³/mol. The Morgan fingerprint density at radius 3 is 2.31 bits per heavy atom. The summed E-state index contributed by atoms with van der Waals surface area (Å²) in [4.78, 5) is 13.9. The second-order valence-corrected chi connectivity index (χ2v) is 4.42. The van der Waals surface area contributed by atoms with Crippen LogP contribution in [0.1, 0.15) is 18.4 Å². The Balaban J connectivity index is 2.12. The number of hydrogen-bond donors (Lipinski definition) is 0. The molecular formula is C13H14ClNO. The average molecular weight is 236 g/mol. The van der Waals surface area contributed by atoms with Crippen LogP contribution in [0.4, 0.5) is 0 Å². The van der Waals surface area contributed by atoms with Crippen LogP contribution < -0.4 is 0 Å². The number of likely N-dealkylation sites (tertiary alicyclic amines) is 1. The Morgan fingerprint density at radius 2 is 1.75 bits per heavy atom. The van der Waals surface area contributed by atoms with Crippen molar-refractivity contribution in [2.24, 2.45) is 0 Å². The molecule has 1 heterocycles. The molecule has 0 spiro atoms. The van der Waals surface area contributed by atoms with Crippen molar-refractivity contribution in [3.05, 3.63) is 41.4 Å². The van der Waals surface area contributed by atoms with Crippen molar-refractivity contribution in [1.29, 1.82) is 0 Å². The van der Waals surface area contributed by atoms with Gasteiger partial charge in [-0.25, -0.2) is 0 Å². The highest BCUT2D eigenvalue weighted by molar-refractivity contribution is 6.30. The molecule has 1 aromatic carbocycles. The fraction of sp³-hybridized carbons (Fsp3) is 0.308. The van der Waals surface area contributed by atoms with E-state index in [2.05, 4.69) is 6.58 Å². The number of rotatable bonds is 2. The van der Waals surface area contributed by atoms with Gasteiger partial charge in [-0.15, -0.1) is 0 Å². The minimum atomic E-state index is 0.0415. The van der Waals surface area contributed by atoms with E-state index in [-0.39, 0.29) is 5.91 Å².